The molecule has 2 N–H and O–H groups in total. The Kier molecular flexibility index (Phi) is 7.80. The number of fused-ring (bicyclic) bond motifs is 1. The Morgan fingerprint density at radius 3 is 2.69 bits per heavy atom. The molecule has 0 radical (unpaired) electrons. The Morgan fingerprint density at radius 2 is 1.91 bits per heavy atom. The highest BCUT2D eigenvalue weighted by atomic mass is 32.2. The zero-order valence-corrected chi connectivity index (χ0v) is 21.8. The van der Waals surface area contributed by atoms with E-state index < -0.39 is 6.04 Å². The maximum atomic E-state index is 13.8. The molecule has 184 valence electrons. The zero-order valence-electron chi connectivity index (χ0n) is 21.0. The molecule has 0 spiro atoms. The summed E-state index contributed by atoms with van der Waals surface area (Å²) in [6, 6.07) is 13.3. The van der Waals surface area contributed by atoms with Crippen molar-refractivity contribution in [1.29, 1.82) is 0 Å². The fourth-order valence-corrected chi connectivity index (χ4v) is 4.78. The van der Waals surface area contributed by atoms with Crippen LogP contribution in [0.3, 0.4) is 0 Å². The molecular weight excluding hydrogens is 458 g/mol. The number of carbonyl (C=O) groups is 1. The second-order valence-corrected chi connectivity index (χ2v) is 9.73. The minimum atomic E-state index is -0.479. The molecule has 1 aliphatic rings. The van der Waals surface area contributed by atoms with E-state index in [0.29, 0.717) is 23.3 Å². The highest BCUT2D eigenvalue weighted by Crippen LogP contribution is 2.40. The van der Waals surface area contributed by atoms with Gasteiger partial charge in [0.1, 0.15) is 11.8 Å². The number of thioether (sulfide) groups is 1. The van der Waals surface area contributed by atoms with Crippen molar-refractivity contribution in [2.75, 3.05) is 23.0 Å². The van der Waals surface area contributed by atoms with E-state index >= 15 is 0 Å². The molecule has 0 saturated heterocycles. The van der Waals surface area contributed by atoms with Crippen molar-refractivity contribution in [2.24, 2.45) is 0 Å². The average molecular weight is 492 g/mol. The van der Waals surface area contributed by atoms with Gasteiger partial charge in [-0.25, -0.2) is 4.68 Å². The molecule has 0 fully saturated rings. The number of rotatable bonds is 9. The average Bonchev–Trinajstić information content (AvgIpc) is 3.25. The van der Waals surface area contributed by atoms with Crippen LogP contribution >= 0.6 is 11.8 Å². The summed E-state index contributed by atoms with van der Waals surface area (Å²) in [5, 5.41) is 12.0. The molecule has 7 nitrogen and oxygen atoms in total. The normalized spacial score (nSPS) is 14.9. The van der Waals surface area contributed by atoms with Gasteiger partial charge < -0.3 is 15.4 Å². The number of para-hydroxylation sites is 1. The maximum Gasteiger partial charge on any atom is 0.255 e. The topological polar surface area (TPSA) is 81.1 Å². The van der Waals surface area contributed by atoms with Crippen molar-refractivity contribution in [1.82, 2.24) is 14.8 Å². The predicted molar refractivity (Wildman–Crippen MR) is 142 cm³/mol. The third kappa shape index (κ3) is 5.22. The molecule has 0 saturated carbocycles. The van der Waals surface area contributed by atoms with Crippen LogP contribution < -0.4 is 15.4 Å². The Morgan fingerprint density at radius 1 is 1.11 bits per heavy atom. The highest BCUT2D eigenvalue weighted by Gasteiger charge is 2.36. The first kappa shape index (κ1) is 24.9. The first-order chi connectivity index (χ1) is 16.9. The molecule has 1 aromatic heterocycles. The number of ether oxygens (including phenoxy) is 1. The number of hydrogen-bond donors (Lipinski definition) is 2. The van der Waals surface area contributed by atoms with Gasteiger partial charge in [-0.2, -0.15) is 4.98 Å². The largest absolute Gasteiger partial charge is 0.493 e. The van der Waals surface area contributed by atoms with E-state index in [1.54, 1.807) is 11.8 Å². The van der Waals surface area contributed by atoms with Gasteiger partial charge in [0.25, 0.3) is 5.91 Å². The van der Waals surface area contributed by atoms with Crippen LogP contribution in [0.4, 0.5) is 11.6 Å². The van der Waals surface area contributed by atoms with Crippen LogP contribution in [0.5, 0.6) is 5.75 Å². The number of hydrogen-bond acceptors (Lipinski definition) is 6. The number of benzene rings is 2. The molecule has 2 heterocycles. The number of nitrogens with one attached hydrogen (secondary N) is 2. The van der Waals surface area contributed by atoms with Crippen LogP contribution in [0, 0.1) is 13.8 Å². The minimum Gasteiger partial charge on any atom is -0.493 e. The Balaban J connectivity index is 1.80. The maximum absolute atomic E-state index is 13.8. The number of allylic oxidation sites excluding steroid dienone is 1. The van der Waals surface area contributed by atoms with E-state index in [4.69, 9.17) is 14.8 Å². The highest BCUT2D eigenvalue weighted by molar-refractivity contribution is 7.99. The lowest BCUT2D eigenvalue weighted by atomic mass is 9.94. The molecule has 8 heteroatoms. The molecule has 1 amide bonds. The summed E-state index contributed by atoms with van der Waals surface area (Å²) in [5.74, 6) is 2.12. The molecule has 4 rings (SSSR count). The lowest BCUT2D eigenvalue weighted by Crippen LogP contribution is -2.32. The molecule has 0 bridgehead atoms. The first-order valence-electron chi connectivity index (χ1n) is 12.1. The van der Waals surface area contributed by atoms with Gasteiger partial charge in [0.15, 0.2) is 0 Å². The van der Waals surface area contributed by atoms with Crippen LogP contribution in [-0.4, -0.2) is 33.0 Å². The number of aryl methyl sites for hydroxylation is 1. The quantitative estimate of drug-likeness (QED) is 0.351. The van der Waals surface area contributed by atoms with E-state index in [-0.39, 0.29) is 5.91 Å². The fourth-order valence-electron chi connectivity index (χ4n) is 4.09. The molecule has 1 aliphatic heterocycles. The summed E-state index contributed by atoms with van der Waals surface area (Å²) in [6.45, 7) is 10.8. The van der Waals surface area contributed by atoms with Gasteiger partial charge >= 0.3 is 0 Å². The fraction of sp³-hybridized carbons (Fsp3) is 0.370. The van der Waals surface area contributed by atoms with Crippen LogP contribution in [0.1, 0.15) is 56.3 Å². The molecular formula is C27H33N5O2S. The molecule has 35 heavy (non-hydrogen) atoms. The first-order valence-corrected chi connectivity index (χ1v) is 13.1. The summed E-state index contributed by atoms with van der Waals surface area (Å²) in [5.41, 5.74) is 5.18. The number of nitrogens with zero attached hydrogens (tertiary/aromatic N) is 3. The van der Waals surface area contributed by atoms with Crippen LogP contribution in [-0.2, 0) is 4.79 Å². The van der Waals surface area contributed by atoms with E-state index in [0.717, 1.165) is 52.4 Å². The van der Waals surface area contributed by atoms with E-state index in [1.807, 2.05) is 67.9 Å². The van der Waals surface area contributed by atoms with Crippen molar-refractivity contribution < 1.29 is 9.53 Å². The minimum absolute atomic E-state index is 0.178. The van der Waals surface area contributed by atoms with Gasteiger partial charge in [-0.3, -0.25) is 4.79 Å². The smallest absolute Gasteiger partial charge is 0.255 e. The third-order valence-corrected chi connectivity index (χ3v) is 7.08. The molecule has 1 atom stereocenters. The van der Waals surface area contributed by atoms with E-state index in [1.165, 1.54) is 0 Å². The SMILES string of the molecule is CCCOc1ccccc1C1C(C(=O)Nc2cccc(C)c2C)=C(C)Nc2nc(SCCC)nn21. The van der Waals surface area contributed by atoms with E-state index in [9.17, 15) is 4.79 Å². The lowest BCUT2D eigenvalue weighted by molar-refractivity contribution is -0.113. The molecule has 3 aromatic rings. The lowest BCUT2D eigenvalue weighted by Gasteiger charge is -2.30. The summed E-state index contributed by atoms with van der Waals surface area (Å²) in [6.07, 6.45) is 1.92. The van der Waals surface area contributed by atoms with Gasteiger partial charge in [0, 0.05) is 22.7 Å². The Labute approximate surface area is 211 Å². The Bertz CT molecular complexity index is 1250. The molecule has 0 aliphatic carbocycles. The summed E-state index contributed by atoms with van der Waals surface area (Å²) < 4.78 is 7.92. The van der Waals surface area contributed by atoms with Gasteiger partial charge in [-0.15, -0.1) is 5.10 Å². The van der Waals surface area contributed by atoms with Gasteiger partial charge in [-0.1, -0.05) is 55.9 Å². The number of amides is 1. The monoisotopic (exact) mass is 491 g/mol. The third-order valence-electron chi connectivity index (χ3n) is 6.04. The molecule has 1 unspecified atom stereocenters. The van der Waals surface area contributed by atoms with Crippen molar-refractivity contribution in [3.63, 3.8) is 0 Å². The molecule has 2 aromatic carbocycles. The Hall–Kier alpha value is -3.26. The van der Waals surface area contributed by atoms with Gasteiger partial charge in [-0.05, 0) is 56.9 Å². The number of anilines is 2. The second-order valence-electron chi connectivity index (χ2n) is 8.67. The summed E-state index contributed by atoms with van der Waals surface area (Å²) >= 11 is 1.61. The van der Waals surface area contributed by atoms with Gasteiger partial charge in [0.05, 0.1) is 12.2 Å². The second kappa shape index (κ2) is 11.0. The van der Waals surface area contributed by atoms with Crippen LogP contribution in [0.2, 0.25) is 0 Å². The number of aromatic nitrogens is 3. The van der Waals surface area contributed by atoms with Crippen molar-refractivity contribution in [2.45, 2.75) is 58.7 Å². The van der Waals surface area contributed by atoms with Crippen LogP contribution in [0.25, 0.3) is 0 Å². The van der Waals surface area contributed by atoms with Crippen molar-refractivity contribution >= 4 is 29.3 Å². The standard InChI is InChI=1S/C27H33N5O2S/c1-6-15-34-22-14-9-8-12-20(22)24-23(25(33)29-21-13-10-11-17(3)18(21)4)19(5)28-26-30-27(31-32(24)26)35-16-7-2/h8-14,24H,6-7,15-16H2,1-5H3,(H,29,33)(H,28,30,31). The van der Waals surface area contributed by atoms with Crippen molar-refractivity contribution in [3.8, 4) is 5.75 Å². The van der Waals surface area contributed by atoms with Crippen LogP contribution in [0.15, 0.2) is 58.9 Å². The van der Waals surface area contributed by atoms with Gasteiger partial charge in [0.2, 0.25) is 11.1 Å². The zero-order chi connectivity index (χ0) is 24.9. The summed E-state index contributed by atoms with van der Waals surface area (Å²) in [4.78, 5) is 18.5. The number of carbonyl (C=O) groups excluding carboxylic acids is 1. The summed E-state index contributed by atoms with van der Waals surface area (Å²) in [7, 11) is 0. The van der Waals surface area contributed by atoms with Crippen molar-refractivity contribution in [3.05, 3.63) is 70.4 Å². The van der Waals surface area contributed by atoms with E-state index in [2.05, 4.69) is 24.5 Å². The predicted octanol–water partition coefficient (Wildman–Crippen LogP) is 6.11.